The first kappa shape index (κ1) is 9.58. The Morgan fingerprint density at radius 3 is 2.93 bits per heavy atom. The molecule has 1 aliphatic heterocycles. The summed E-state index contributed by atoms with van der Waals surface area (Å²) in [5.41, 5.74) is -0.136. The zero-order valence-electron chi connectivity index (χ0n) is 8.22. The molecule has 0 saturated heterocycles. The van der Waals surface area contributed by atoms with Gasteiger partial charge >= 0.3 is 0 Å². The number of alkyl halides is 2. The van der Waals surface area contributed by atoms with Crippen molar-refractivity contribution in [1.29, 1.82) is 0 Å². The van der Waals surface area contributed by atoms with Crippen LogP contribution in [0, 0.1) is 0 Å². The van der Waals surface area contributed by atoms with Gasteiger partial charge in [0.25, 0.3) is 5.92 Å². The van der Waals surface area contributed by atoms with E-state index in [9.17, 15) is 8.78 Å². The molecule has 1 unspecified atom stereocenters. The van der Waals surface area contributed by atoms with E-state index < -0.39 is 5.92 Å². The lowest BCUT2D eigenvalue weighted by Gasteiger charge is -2.21. The highest BCUT2D eigenvalue weighted by molar-refractivity contribution is 5.12. The van der Waals surface area contributed by atoms with E-state index in [1.165, 1.54) is 6.20 Å². The molecule has 1 aromatic rings. The molecule has 2 heterocycles. The Morgan fingerprint density at radius 2 is 2.36 bits per heavy atom. The molecule has 14 heavy (non-hydrogen) atoms. The first-order valence-electron chi connectivity index (χ1n) is 4.67. The van der Waals surface area contributed by atoms with Crippen LogP contribution in [0.15, 0.2) is 6.20 Å². The predicted molar refractivity (Wildman–Crippen MR) is 48.2 cm³/mol. The SMILES string of the molecule is CC1NCCn2cc(C(C)(F)F)nc21. The van der Waals surface area contributed by atoms with E-state index in [1.807, 2.05) is 6.92 Å². The standard InChI is InChI=1S/C9H13F2N3/c1-6-8-13-7(9(2,10)11)5-14(8)4-3-12-6/h5-6,12H,3-4H2,1-2H3. The zero-order chi connectivity index (χ0) is 10.3. The van der Waals surface area contributed by atoms with E-state index in [4.69, 9.17) is 0 Å². The molecular formula is C9H13F2N3. The summed E-state index contributed by atoms with van der Waals surface area (Å²) in [6.45, 7) is 4.32. The molecule has 0 amide bonds. The summed E-state index contributed by atoms with van der Waals surface area (Å²) in [4.78, 5) is 3.95. The number of halogens is 2. The van der Waals surface area contributed by atoms with Crippen molar-refractivity contribution in [1.82, 2.24) is 14.9 Å². The Balaban J connectivity index is 2.40. The third kappa shape index (κ3) is 1.52. The molecule has 0 aromatic carbocycles. The van der Waals surface area contributed by atoms with Gasteiger partial charge < -0.3 is 9.88 Å². The number of nitrogens with zero attached hydrogens (tertiary/aromatic N) is 2. The summed E-state index contributed by atoms with van der Waals surface area (Å²) < 4.78 is 27.7. The monoisotopic (exact) mass is 201 g/mol. The van der Waals surface area contributed by atoms with Crippen LogP contribution < -0.4 is 5.32 Å². The Kier molecular flexibility index (Phi) is 2.06. The van der Waals surface area contributed by atoms with Gasteiger partial charge in [-0.2, -0.15) is 8.78 Å². The van der Waals surface area contributed by atoms with Crippen molar-refractivity contribution in [2.45, 2.75) is 32.4 Å². The number of hydrogen-bond acceptors (Lipinski definition) is 2. The topological polar surface area (TPSA) is 29.9 Å². The quantitative estimate of drug-likeness (QED) is 0.748. The Bertz CT molecular complexity index is 340. The van der Waals surface area contributed by atoms with Gasteiger partial charge in [-0.25, -0.2) is 4.98 Å². The van der Waals surface area contributed by atoms with Gasteiger partial charge in [-0.05, 0) is 6.92 Å². The molecule has 0 spiro atoms. The number of fused-ring (bicyclic) bond motifs is 1. The van der Waals surface area contributed by atoms with E-state index in [0.717, 1.165) is 13.5 Å². The molecule has 0 saturated carbocycles. The van der Waals surface area contributed by atoms with Gasteiger partial charge in [0.15, 0.2) is 0 Å². The third-order valence-electron chi connectivity index (χ3n) is 2.45. The van der Waals surface area contributed by atoms with Crippen LogP contribution in [0.2, 0.25) is 0 Å². The molecule has 1 atom stereocenters. The minimum absolute atomic E-state index is 0.0554. The fourth-order valence-electron chi connectivity index (χ4n) is 1.66. The highest BCUT2D eigenvalue weighted by atomic mass is 19.3. The van der Waals surface area contributed by atoms with Crippen molar-refractivity contribution in [3.05, 3.63) is 17.7 Å². The van der Waals surface area contributed by atoms with Gasteiger partial charge in [-0.15, -0.1) is 0 Å². The molecule has 1 N–H and O–H groups in total. The average molecular weight is 201 g/mol. The summed E-state index contributed by atoms with van der Waals surface area (Å²) in [7, 11) is 0. The van der Waals surface area contributed by atoms with Crippen LogP contribution in [0.3, 0.4) is 0 Å². The first-order chi connectivity index (χ1) is 6.48. The Labute approximate surface area is 81.1 Å². The highest BCUT2D eigenvalue weighted by Gasteiger charge is 2.30. The van der Waals surface area contributed by atoms with Crippen LogP contribution in [0.1, 0.15) is 31.4 Å². The second-order valence-electron chi connectivity index (χ2n) is 3.74. The lowest BCUT2D eigenvalue weighted by molar-refractivity contribution is 0.0130. The Morgan fingerprint density at radius 1 is 1.64 bits per heavy atom. The largest absolute Gasteiger partial charge is 0.332 e. The second kappa shape index (κ2) is 3.02. The number of rotatable bonds is 1. The first-order valence-corrected chi connectivity index (χ1v) is 4.67. The molecule has 0 bridgehead atoms. The maximum atomic E-state index is 13.0. The van der Waals surface area contributed by atoms with Crippen molar-refractivity contribution in [2.75, 3.05) is 6.54 Å². The van der Waals surface area contributed by atoms with Crippen molar-refractivity contribution in [3.63, 3.8) is 0 Å². The van der Waals surface area contributed by atoms with Crippen LogP contribution in [0.5, 0.6) is 0 Å². The highest BCUT2D eigenvalue weighted by Crippen LogP contribution is 2.28. The smallest absolute Gasteiger partial charge is 0.288 e. The molecule has 2 rings (SSSR count). The summed E-state index contributed by atoms with van der Waals surface area (Å²) in [6.07, 6.45) is 1.45. The molecule has 5 heteroatoms. The fourth-order valence-corrected chi connectivity index (χ4v) is 1.66. The van der Waals surface area contributed by atoms with Crippen LogP contribution in [0.4, 0.5) is 8.78 Å². The molecule has 1 aromatic heterocycles. The maximum absolute atomic E-state index is 13.0. The van der Waals surface area contributed by atoms with Crippen LogP contribution in [0.25, 0.3) is 0 Å². The molecule has 0 radical (unpaired) electrons. The zero-order valence-corrected chi connectivity index (χ0v) is 8.22. The summed E-state index contributed by atoms with van der Waals surface area (Å²) in [6, 6.07) is 0.0554. The molecule has 1 aliphatic rings. The van der Waals surface area contributed by atoms with Crippen LogP contribution in [-0.4, -0.2) is 16.1 Å². The van der Waals surface area contributed by atoms with E-state index in [2.05, 4.69) is 10.3 Å². The summed E-state index contributed by atoms with van der Waals surface area (Å²) >= 11 is 0. The third-order valence-corrected chi connectivity index (χ3v) is 2.45. The normalized spacial score (nSPS) is 22.1. The summed E-state index contributed by atoms with van der Waals surface area (Å²) in [5.74, 6) is -2.14. The summed E-state index contributed by atoms with van der Waals surface area (Å²) in [5, 5.41) is 3.17. The molecule has 78 valence electrons. The van der Waals surface area contributed by atoms with Crippen LogP contribution in [-0.2, 0) is 12.5 Å². The Hall–Kier alpha value is -0.970. The van der Waals surface area contributed by atoms with Gasteiger partial charge in [0.2, 0.25) is 0 Å². The predicted octanol–water partition coefficient (Wildman–Crippen LogP) is 1.66. The van der Waals surface area contributed by atoms with Gasteiger partial charge in [-0.3, -0.25) is 0 Å². The van der Waals surface area contributed by atoms with Crippen LogP contribution >= 0.6 is 0 Å². The van der Waals surface area contributed by atoms with E-state index >= 15 is 0 Å². The van der Waals surface area contributed by atoms with E-state index in [0.29, 0.717) is 12.4 Å². The minimum atomic E-state index is -2.84. The number of aromatic nitrogens is 2. The number of imidazole rings is 1. The van der Waals surface area contributed by atoms with E-state index in [1.54, 1.807) is 4.57 Å². The van der Waals surface area contributed by atoms with Crippen molar-refractivity contribution in [3.8, 4) is 0 Å². The van der Waals surface area contributed by atoms with Gasteiger partial charge in [0, 0.05) is 26.2 Å². The van der Waals surface area contributed by atoms with Gasteiger partial charge in [0.05, 0.1) is 6.04 Å². The minimum Gasteiger partial charge on any atom is -0.332 e. The van der Waals surface area contributed by atoms with Crippen molar-refractivity contribution >= 4 is 0 Å². The van der Waals surface area contributed by atoms with Gasteiger partial charge in [0.1, 0.15) is 11.5 Å². The fraction of sp³-hybridized carbons (Fsp3) is 0.667. The second-order valence-corrected chi connectivity index (χ2v) is 3.74. The number of nitrogens with one attached hydrogen (secondary N) is 1. The lowest BCUT2D eigenvalue weighted by atomic mass is 10.2. The molecule has 0 fully saturated rings. The number of hydrogen-bond donors (Lipinski definition) is 1. The molecule has 0 aliphatic carbocycles. The lowest BCUT2D eigenvalue weighted by Crippen LogP contribution is -2.31. The maximum Gasteiger partial charge on any atom is 0.288 e. The van der Waals surface area contributed by atoms with Gasteiger partial charge in [-0.1, -0.05) is 0 Å². The molecule has 3 nitrogen and oxygen atoms in total. The van der Waals surface area contributed by atoms with E-state index in [-0.39, 0.29) is 11.7 Å². The van der Waals surface area contributed by atoms with Crippen molar-refractivity contribution in [2.24, 2.45) is 0 Å². The average Bonchev–Trinajstić information content (AvgIpc) is 2.48. The van der Waals surface area contributed by atoms with Crippen molar-refractivity contribution < 1.29 is 8.78 Å². The molecular weight excluding hydrogens is 188 g/mol.